The summed E-state index contributed by atoms with van der Waals surface area (Å²) in [6.45, 7) is 0. The van der Waals surface area contributed by atoms with Crippen molar-refractivity contribution < 1.29 is 4.42 Å². The van der Waals surface area contributed by atoms with Crippen LogP contribution in [0.15, 0.2) is 217 Å². The second-order valence-electron chi connectivity index (χ2n) is 15.2. The van der Waals surface area contributed by atoms with E-state index >= 15 is 0 Å². The summed E-state index contributed by atoms with van der Waals surface area (Å²) < 4.78 is 9.06. The molecule has 2 aromatic heterocycles. The van der Waals surface area contributed by atoms with E-state index < -0.39 is 0 Å². The van der Waals surface area contributed by atoms with E-state index in [-0.39, 0.29) is 0 Å². The van der Waals surface area contributed by atoms with Crippen molar-refractivity contribution in [3.8, 4) is 50.2 Å². The Balaban J connectivity index is 1.12. The first-order valence-corrected chi connectivity index (χ1v) is 19.9. The smallest absolute Gasteiger partial charge is 0.143 e. The third-order valence-electron chi connectivity index (χ3n) is 12.0. The van der Waals surface area contributed by atoms with Gasteiger partial charge in [-0.3, -0.25) is 0 Å². The summed E-state index contributed by atoms with van der Waals surface area (Å²) in [7, 11) is 0. The zero-order chi connectivity index (χ0) is 38.2. The van der Waals surface area contributed by atoms with E-state index in [1.807, 2.05) is 6.07 Å². The molecule has 270 valence electrons. The number of benzene rings is 10. The first-order chi connectivity index (χ1) is 28.8. The molecule has 58 heavy (non-hydrogen) atoms. The zero-order valence-electron chi connectivity index (χ0n) is 31.6. The molecular weight excluding hydrogens is 703 g/mol. The van der Waals surface area contributed by atoms with Crippen LogP contribution in [0.4, 0.5) is 0 Å². The Morgan fingerprint density at radius 2 is 0.741 bits per heavy atom. The van der Waals surface area contributed by atoms with E-state index in [1.165, 1.54) is 65.6 Å². The topological polar surface area (TPSA) is 18.1 Å². The molecule has 0 atom stereocenters. The monoisotopic (exact) mass is 737 g/mol. The summed E-state index contributed by atoms with van der Waals surface area (Å²) in [5, 5.41) is 9.70. The summed E-state index contributed by atoms with van der Waals surface area (Å²) in [5.41, 5.74) is 14.7. The lowest BCUT2D eigenvalue weighted by Crippen LogP contribution is -1.98. The minimum atomic E-state index is 0.902. The Bertz CT molecular complexity index is 3440. The van der Waals surface area contributed by atoms with Gasteiger partial charge in [0, 0.05) is 32.7 Å². The Hall–Kier alpha value is -7.68. The first kappa shape index (κ1) is 32.6. The van der Waals surface area contributed by atoms with Crippen LogP contribution in [-0.2, 0) is 0 Å². The van der Waals surface area contributed by atoms with Gasteiger partial charge in [0.1, 0.15) is 11.2 Å². The van der Waals surface area contributed by atoms with Crippen LogP contribution < -0.4 is 0 Å². The van der Waals surface area contributed by atoms with E-state index in [0.29, 0.717) is 0 Å². The second-order valence-corrected chi connectivity index (χ2v) is 15.2. The molecule has 12 aromatic rings. The molecule has 0 aliphatic carbocycles. The number of hydrogen-bond acceptors (Lipinski definition) is 1. The van der Waals surface area contributed by atoms with Gasteiger partial charge in [-0.15, -0.1) is 0 Å². The van der Waals surface area contributed by atoms with Gasteiger partial charge in [-0.25, -0.2) is 0 Å². The molecule has 0 unspecified atom stereocenters. The van der Waals surface area contributed by atoms with Crippen LogP contribution in [0, 0.1) is 0 Å². The molecule has 2 heteroatoms. The van der Waals surface area contributed by atoms with Gasteiger partial charge in [-0.05, 0) is 91.3 Å². The van der Waals surface area contributed by atoms with Crippen LogP contribution >= 0.6 is 0 Å². The molecule has 0 spiro atoms. The van der Waals surface area contributed by atoms with Crippen molar-refractivity contribution in [1.82, 2.24) is 4.57 Å². The van der Waals surface area contributed by atoms with Gasteiger partial charge < -0.3 is 8.98 Å². The van der Waals surface area contributed by atoms with E-state index in [1.54, 1.807) is 0 Å². The number of hydrogen-bond donors (Lipinski definition) is 0. The molecule has 0 aliphatic rings. The summed E-state index contributed by atoms with van der Waals surface area (Å²) in [5.74, 6) is 0. The zero-order valence-corrected chi connectivity index (χ0v) is 31.6. The fourth-order valence-electron chi connectivity index (χ4n) is 9.38. The molecule has 0 saturated carbocycles. The average Bonchev–Trinajstić information content (AvgIpc) is 3.84. The van der Waals surface area contributed by atoms with Crippen LogP contribution in [0.2, 0.25) is 0 Å². The number of rotatable bonds is 5. The van der Waals surface area contributed by atoms with Crippen molar-refractivity contribution in [2.75, 3.05) is 0 Å². The van der Waals surface area contributed by atoms with Crippen molar-refractivity contribution in [3.05, 3.63) is 212 Å². The highest BCUT2D eigenvalue weighted by atomic mass is 16.3. The van der Waals surface area contributed by atoms with Crippen LogP contribution in [0.5, 0.6) is 0 Å². The lowest BCUT2D eigenvalue weighted by Gasteiger charge is -2.17. The first-order valence-electron chi connectivity index (χ1n) is 19.9. The molecule has 2 nitrogen and oxygen atoms in total. The Morgan fingerprint density at radius 1 is 0.293 bits per heavy atom. The van der Waals surface area contributed by atoms with Crippen LogP contribution in [-0.4, -0.2) is 4.57 Å². The van der Waals surface area contributed by atoms with E-state index in [0.717, 1.165) is 49.9 Å². The Labute approximate surface area is 335 Å². The maximum absolute atomic E-state index is 6.59. The SMILES string of the molecule is c1ccc(-c2cccc3c2oc2ccccc23)c(-c2ccccc2-n2c3ccc(-c4cccc5ccccc45)cc3c3cc(-c4cccc5ccccc45)ccc32)c1. The van der Waals surface area contributed by atoms with E-state index in [4.69, 9.17) is 4.42 Å². The Morgan fingerprint density at radius 3 is 1.40 bits per heavy atom. The van der Waals surface area contributed by atoms with E-state index in [9.17, 15) is 0 Å². The number of fused-ring (bicyclic) bond motifs is 8. The van der Waals surface area contributed by atoms with E-state index in [2.05, 4.69) is 211 Å². The van der Waals surface area contributed by atoms with Gasteiger partial charge in [-0.1, -0.05) is 176 Å². The normalized spacial score (nSPS) is 11.8. The molecule has 10 aromatic carbocycles. The molecule has 0 bridgehead atoms. The number of furan rings is 1. The second kappa shape index (κ2) is 12.9. The average molecular weight is 738 g/mol. The Kier molecular flexibility index (Phi) is 7.26. The predicted octanol–water partition coefficient (Wildman–Crippen LogP) is 15.7. The molecular formula is C56H35NO. The van der Waals surface area contributed by atoms with Crippen LogP contribution in [0.25, 0.3) is 115 Å². The highest BCUT2D eigenvalue weighted by Gasteiger charge is 2.21. The largest absolute Gasteiger partial charge is 0.455 e. The molecule has 0 amide bonds. The minimum Gasteiger partial charge on any atom is -0.455 e. The maximum Gasteiger partial charge on any atom is 0.143 e. The molecule has 0 radical (unpaired) electrons. The van der Waals surface area contributed by atoms with Gasteiger partial charge >= 0.3 is 0 Å². The summed E-state index contributed by atoms with van der Waals surface area (Å²) >= 11 is 0. The number of para-hydroxylation sites is 3. The quantitative estimate of drug-likeness (QED) is 0.172. The van der Waals surface area contributed by atoms with Gasteiger partial charge in [-0.2, -0.15) is 0 Å². The fraction of sp³-hybridized carbons (Fsp3) is 0. The van der Waals surface area contributed by atoms with Crippen LogP contribution in [0.1, 0.15) is 0 Å². The lowest BCUT2D eigenvalue weighted by atomic mass is 9.92. The molecule has 12 rings (SSSR count). The molecule has 0 aliphatic heterocycles. The van der Waals surface area contributed by atoms with Crippen molar-refractivity contribution in [2.24, 2.45) is 0 Å². The maximum atomic E-state index is 6.59. The van der Waals surface area contributed by atoms with Gasteiger partial charge in [0.15, 0.2) is 0 Å². The predicted molar refractivity (Wildman–Crippen MR) is 245 cm³/mol. The summed E-state index contributed by atoms with van der Waals surface area (Å²) in [6, 6.07) is 77.1. The number of aromatic nitrogens is 1. The third kappa shape index (κ3) is 4.99. The van der Waals surface area contributed by atoms with Gasteiger partial charge in [0.05, 0.1) is 16.7 Å². The van der Waals surface area contributed by atoms with Crippen molar-refractivity contribution in [1.29, 1.82) is 0 Å². The number of nitrogens with zero attached hydrogens (tertiary/aromatic N) is 1. The van der Waals surface area contributed by atoms with Crippen molar-refractivity contribution in [3.63, 3.8) is 0 Å². The van der Waals surface area contributed by atoms with Gasteiger partial charge in [0.25, 0.3) is 0 Å². The molecule has 2 heterocycles. The third-order valence-corrected chi connectivity index (χ3v) is 12.0. The van der Waals surface area contributed by atoms with Crippen molar-refractivity contribution in [2.45, 2.75) is 0 Å². The highest BCUT2D eigenvalue weighted by Crippen LogP contribution is 2.44. The van der Waals surface area contributed by atoms with Gasteiger partial charge in [0.2, 0.25) is 0 Å². The summed E-state index contributed by atoms with van der Waals surface area (Å²) in [6.07, 6.45) is 0. The molecule has 0 saturated heterocycles. The summed E-state index contributed by atoms with van der Waals surface area (Å²) in [4.78, 5) is 0. The standard InChI is InChI=1S/C56H35NO/c1-3-18-40-36(14-1)16-11-24-42(40)38-30-32-53-50(34-38)51-35-39(43-25-12-17-37-15-2-4-19-41(37)43)31-33-54(51)57(53)52-28-9-7-22-46(52)44-20-5-6-21-45(44)48-26-13-27-49-47-23-8-10-29-55(47)58-56(48)49/h1-35H. The highest BCUT2D eigenvalue weighted by molar-refractivity contribution is 6.14. The fourth-order valence-corrected chi connectivity index (χ4v) is 9.38. The van der Waals surface area contributed by atoms with Crippen LogP contribution in [0.3, 0.4) is 0 Å². The molecule has 0 fully saturated rings. The minimum absolute atomic E-state index is 0.902. The van der Waals surface area contributed by atoms with Crippen molar-refractivity contribution >= 4 is 65.3 Å². The lowest BCUT2D eigenvalue weighted by molar-refractivity contribution is 0.670. The molecule has 0 N–H and O–H groups in total.